The minimum Gasteiger partial charge on any atom is -0.497 e. The van der Waals surface area contributed by atoms with E-state index in [1.54, 1.807) is 38.5 Å². The monoisotopic (exact) mass is 422 g/mol. The largest absolute Gasteiger partial charge is 0.497 e. The maximum absolute atomic E-state index is 13.0. The molecule has 0 saturated carbocycles. The third kappa shape index (κ3) is 3.76. The van der Waals surface area contributed by atoms with Gasteiger partial charge in [0.25, 0.3) is 5.91 Å². The van der Waals surface area contributed by atoms with E-state index in [4.69, 9.17) is 9.47 Å². The van der Waals surface area contributed by atoms with E-state index in [2.05, 4.69) is 10.6 Å². The number of benzene rings is 2. The van der Waals surface area contributed by atoms with Gasteiger partial charge in [0.2, 0.25) is 5.91 Å². The summed E-state index contributed by atoms with van der Waals surface area (Å²) in [4.78, 5) is 25.9. The maximum atomic E-state index is 13.0. The maximum Gasteiger partial charge on any atom is 0.266 e. The summed E-state index contributed by atoms with van der Waals surface area (Å²) in [6.45, 7) is 1.93. The standard InChI is InChI=1S/C23H22N2O4S/c1-13-20-18(14-5-4-6-17(11-14)29-3)12-19(26)25-23(20)30-21(13)22(27)24-15-7-9-16(28-2)10-8-15/h4-11,18H,12H2,1-3H3,(H,24,27)(H,25,26). The van der Waals surface area contributed by atoms with Crippen LogP contribution in [-0.2, 0) is 4.79 Å². The summed E-state index contributed by atoms with van der Waals surface area (Å²) in [5.74, 6) is 1.09. The fourth-order valence-corrected chi connectivity index (χ4v) is 4.91. The van der Waals surface area contributed by atoms with Crippen molar-refractivity contribution in [3.8, 4) is 11.5 Å². The lowest BCUT2D eigenvalue weighted by Crippen LogP contribution is -2.22. The first-order valence-corrected chi connectivity index (χ1v) is 10.3. The van der Waals surface area contributed by atoms with E-state index in [9.17, 15) is 9.59 Å². The van der Waals surface area contributed by atoms with Gasteiger partial charge in [-0.15, -0.1) is 11.3 Å². The lowest BCUT2D eigenvalue weighted by atomic mass is 9.85. The van der Waals surface area contributed by atoms with Crippen LogP contribution >= 0.6 is 11.3 Å². The number of amides is 2. The minimum absolute atomic E-state index is 0.0568. The van der Waals surface area contributed by atoms with Gasteiger partial charge in [-0.2, -0.15) is 0 Å². The molecule has 0 fully saturated rings. The molecule has 0 spiro atoms. The van der Waals surface area contributed by atoms with E-state index in [0.29, 0.717) is 17.0 Å². The Bertz CT molecular complexity index is 1100. The molecule has 154 valence electrons. The molecule has 2 heterocycles. The van der Waals surface area contributed by atoms with Gasteiger partial charge in [-0.3, -0.25) is 9.59 Å². The SMILES string of the molecule is COc1ccc(NC(=O)c2sc3c(c2C)C(c2cccc(OC)c2)CC(=O)N3)cc1. The second-order valence-corrected chi connectivity index (χ2v) is 8.08. The van der Waals surface area contributed by atoms with E-state index in [1.165, 1.54) is 11.3 Å². The first-order chi connectivity index (χ1) is 14.5. The molecule has 0 radical (unpaired) electrons. The molecule has 30 heavy (non-hydrogen) atoms. The lowest BCUT2D eigenvalue weighted by molar-refractivity contribution is -0.116. The van der Waals surface area contributed by atoms with Crippen molar-refractivity contribution in [1.82, 2.24) is 0 Å². The topological polar surface area (TPSA) is 76.7 Å². The average molecular weight is 423 g/mol. The second kappa shape index (κ2) is 8.20. The fraction of sp³-hybridized carbons (Fsp3) is 0.217. The van der Waals surface area contributed by atoms with Gasteiger partial charge in [0, 0.05) is 18.0 Å². The Hall–Kier alpha value is -3.32. The van der Waals surface area contributed by atoms with Crippen molar-refractivity contribution < 1.29 is 19.1 Å². The zero-order valence-corrected chi connectivity index (χ0v) is 17.8. The smallest absolute Gasteiger partial charge is 0.266 e. The van der Waals surface area contributed by atoms with Crippen LogP contribution in [0.5, 0.6) is 11.5 Å². The Kier molecular flexibility index (Phi) is 5.46. The molecule has 1 atom stereocenters. The Balaban J connectivity index is 1.67. The van der Waals surface area contributed by atoms with Crippen LogP contribution in [0.2, 0.25) is 0 Å². The van der Waals surface area contributed by atoms with Crippen LogP contribution < -0.4 is 20.1 Å². The number of thiophene rings is 1. The highest BCUT2D eigenvalue weighted by Crippen LogP contribution is 2.45. The van der Waals surface area contributed by atoms with E-state index in [-0.39, 0.29) is 17.7 Å². The molecule has 2 amide bonds. The molecule has 0 aliphatic carbocycles. The molecule has 7 heteroatoms. The van der Waals surface area contributed by atoms with Gasteiger partial charge in [0.15, 0.2) is 0 Å². The Morgan fingerprint density at radius 1 is 1.10 bits per heavy atom. The normalized spacial score (nSPS) is 15.2. The number of ether oxygens (including phenoxy) is 2. The number of methoxy groups -OCH3 is 2. The zero-order valence-electron chi connectivity index (χ0n) is 16.9. The molecule has 1 unspecified atom stereocenters. The van der Waals surface area contributed by atoms with Crippen molar-refractivity contribution in [2.45, 2.75) is 19.3 Å². The van der Waals surface area contributed by atoms with Crippen LogP contribution in [0.1, 0.15) is 38.7 Å². The lowest BCUT2D eigenvalue weighted by Gasteiger charge is -2.24. The Morgan fingerprint density at radius 2 is 1.83 bits per heavy atom. The van der Waals surface area contributed by atoms with E-state index in [1.807, 2.05) is 31.2 Å². The third-order valence-corrected chi connectivity index (χ3v) is 6.46. The molecule has 4 rings (SSSR count). The minimum atomic E-state index is -0.198. The van der Waals surface area contributed by atoms with Gasteiger partial charge >= 0.3 is 0 Å². The van der Waals surface area contributed by atoms with Gasteiger partial charge in [0.1, 0.15) is 11.5 Å². The summed E-state index contributed by atoms with van der Waals surface area (Å²) >= 11 is 1.31. The Morgan fingerprint density at radius 3 is 2.53 bits per heavy atom. The van der Waals surface area contributed by atoms with Gasteiger partial charge in [0.05, 0.1) is 24.1 Å². The highest BCUT2D eigenvalue weighted by molar-refractivity contribution is 7.18. The predicted molar refractivity (Wildman–Crippen MR) is 118 cm³/mol. The van der Waals surface area contributed by atoms with Crippen LogP contribution in [0.15, 0.2) is 48.5 Å². The van der Waals surface area contributed by atoms with E-state index >= 15 is 0 Å². The van der Waals surface area contributed by atoms with Crippen LogP contribution in [0.3, 0.4) is 0 Å². The molecule has 1 aliphatic heterocycles. The van der Waals surface area contributed by atoms with Crippen LogP contribution in [0.4, 0.5) is 10.7 Å². The van der Waals surface area contributed by atoms with Crippen molar-refractivity contribution in [3.05, 3.63) is 70.1 Å². The Labute approximate surface area is 178 Å². The number of anilines is 2. The summed E-state index contributed by atoms with van der Waals surface area (Å²) < 4.78 is 10.5. The molecule has 1 aliphatic rings. The molecule has 3 aromatic rings. The highest BCUT2D eigenvalue weighted by Gasteiger charge is 2.33. The van der Waals surface area contributed by atoms with Crippen LogP contribution in [0, 0.1) is 6.92 Å². The van der Waals surface area contributed by atoms with Crippen molar-refractivity contribution in [3.63, 3.8) is 0 Å². The average Bonchev–Trinajstić information content (AvgIpc) is 3.10. The van der Waals surface area contributed by atoms with E-state index < -0.39 is 0 Å². The predicted octanol–water partition coefficient (Wildman–Crippen LogP) is 4.80. The summed E-state index contributed by atoms with van der Waals surface area (Å²) in [6, 6.07) is 14.9. The zero-order chi connectivity index (χ0) is 21.3. The number of carbonyl (C=O) groups is 2. The number of hydrogen-bond acceptors (Lipinski definition) is 5. The fourth-order valence-electron chi connectivity index (χ4n) is 3.73. The quantitative estimate of drug-likeness (QED) is 0.619. The van der Waals surface area contributed by atoms with Gasteiger partial charge in [-0.25, -0.2) is 0 Å². The van der Waals surface area contributed by atoms with Gasteiger partial charge < -0.3 is 20.1 Å². The van der Waals surface area contributed by atoms with Gasteiger partial charge in [-0.05, 0) is 60.0 Å². The van der Waals surface area contributed by atoms with Crippen molar-refractivity contribution in [2.75, 3.05) is 24.9 Å². The highest BCUT2D eigenvalue weighted by atomic mass is 32.1. The summed E-state index contributed by atoms with van der Waals surface area (Å²) in [5, 5.41) is 6.59. The molecule has 0 bridgehead atoms. The first-order valence-electron chi connectivity index (χ1n) is 9.52. The van der Waals surface area contributed by atoms with Crippen molar-refractivity contribution in [1.29, 1.82) is 0 Å². The molecular weight excluding hydrogens is 400 g/mol. The molecule has 1 aromatic heterocycles. The summed E-state index contributed by atoms with van der Waals surface area (Å²) in [5.41, 5.74) is 3.55. The van der Waals surface area contributed by atoms with Gasteiger partial charge in [-0.1, -0.05) is 12.1 Å². The van der Waals surface area contributed by atoms with E-state index in [0.717, 1.165) is 33.2 Å². The summed E-state index contributed by atoms with van der Waals surface area (Å²) in [7, 11) is 3.22. The summed E-state index contributed by atoms with van der Waals surface area (Å²) in [6.07, 6.45) is 0.331. The first kappa shape index (κ1) is 20.0. The molecule has 2 aromatic carbocycles. The van der Waals surface area contributed by atoms with Crippen LogP contribution in [0.25, 0.3) is 0 Å². The number of carbonyl (C=O) groups excluding carboxylic acids is 2. The number of hydrogen-bond donors (Lipinski definition) is 2. The number of rotatable bonds is 5. The molecule has 0 saturated heterocycles. The van der Waals surface area contributed by atoms with Crippen molar-refractivity contribution >= 4 is 33.8 Å². The number of fused-ring (bicyclic) bond motifs is 1. The third-order valence-electron chi connectivity index (χ3n) is 5.23. The number of nitrogens with one attached hydrogen (secondary N) is 2. The molecular formula is C23H22N2O4S. The van der Waals surface area contributed by atoms with Crippen molar-refractivity contribution in [2.24, 2.45) is 0 Å². The van der Waals surface area contributed by atoms with Crippen LogP contribution in [-0.4, -0.2) is 26.0 Å². The second-order valence-electron chi connectivity index (χ2n) is 7.06. The molecule has 6 nitrogen and oxygen atoms in total. The molecule has 2 N–H and O–H groups in total.